The predicted molar refractivity (Wildman–Crippen MR) is 64.5 cm³/mol. The van der Waals surface area contributed by atoms with Gasteiger partial charge in [0, 0.05) is 5.02 Å². The molecule has 1 aromatic rings. The molecule has 7 heteroatoms. The van der Waals surface area contributed by atoms with Crippen molar-refractivity contribution in [3.63, 3.8) is 0 Å². The van der Waals surface area contributed by atoms with Gasteiger partial charge >= 0.3 is 0 Å². The van der Waals surface area contributed by atoms with Gasteiger partial charge in [-0.25, -0.2) is 11.3 Å². The Hall–Kier alpha value is -1.30. The van der Waals surface area contributed by atoms with E-state index in [1.165, 1.54) is 0 Å². The van der Waals surface area contributed by atoms with Gasteiger partial charge in [-0.3, -0.25) is 10.8 Å². The molecule has 0 aromatic heterocycles. The summed E-state index contributed by atoms with van der Waals surface area (Å²) in [5.41, 5.74) is 5.36. The predicted octanol–water partition coefficient (Wildman–Crippen LogP) is 1.08. The molecule has 0 amide bonds. The number of rotatable bonds is 2. The van der Waals surface area contributed by atoms with Gasteiger partial charge in [0.15, 0.2) is 0 Å². The van der Waals surface area contributed by atoms with E-state index in [1.807, 2.05) is 12.1 Å². The summed E-state index contributed by atoms with van der Waals surface area (Å²) in [6, 6.07) is 7.14. The first-order valence-electron chi connectivity index (χ1n) is 3.82. The second kappa shape index (κ2) is 7.05. The molecule has 5 N–H and O–H groups in total. The van der Waals surface area contributed by atoms with Crippen molar-refractivity contribution in [3.05, 3.63) is 34.9 Å². The minimum Gasteiger partial charge on any atom is -0.293 e. The number of hydrazone groups is 1. The Bertz CT molecular complexity index is 335. The van der Waals surface area contributed by atoms with Crippen molar-refractivity contribution in [2.45, 2.75) is 0 Å². The second-order valence-electron chi connectivity index (χ2n) is 2.44. The number of hydrogen-bond acceptors (Lipinski definition) is 3. The van der Waals surface area contributed by atoms with Gasteiger partial charge < -0.3 is 0 Å². The van der Waals surface area contributed by atoms with Crippen LogP contribution in [0.25, 0.3) is 0 Å². The average molecular weight is 248 g/mol. The van der Waals surface area contributed by atoms with Gasteiger partial charge in [0.2, 0.25) is 5.96 Å². The lowest BCUT2D eigenvalue weighted by Crippen LogP contribution is -2.38. The monoisotopic (exact) mass is 247 g/mol. The molecule has 0 aliphatic carbocycles. The Morgan fingerprint density at radius 3 is 2.53 bits per heavy atom. The number of hydrogen-bond donors (Lipinski definition) is 4. The molecule has 0 saturated carbocycles. The molecule has 0 unspecified atom stereocenters. The Morgan fingerprint density at radius 1 is 1.40 bits per heavy atom. The minimum atomic E-state index is -0.0739. The number of nitrogens with one attached hydrogen (secondary N) is 3. The molecule has 1 aromatic carbocycles. The highest BCUT2D eigenvalue weighted by atomic mass is 35.5. The second-order valence-corrected chi connectivity index (χ2v) is 2.88. The zero-order chi connectivity index (χ0) is 10.4. The highest BCUT2D eigenvalue weighted by Crippen LogP contribution is 2.07. The third-order valence-electron chi connectivity index (χ3n) is 1.40. The topological polar surface area (TPSA) is 86.3 Å². The van der Waals surface area contributed by atoms with Crippen LogP contribution in [0.2, 0.25) is 5.02 Å². The minimum absolute atomic E-state index is 0. The van der Waals surface area contributed by atoms with Crippen molar-refractivity contribution >= 4 is 36.2 Å². The summed E-state index contributed by atoms with van der Waals surface area (Å²) < 4.78 is 0. The summed E-state index contributed by atoms with van der Waals surface area (Å²) in [4.78, 5) is 0. The summed E-state index contributed by atoms with van der Waals surface area (Å²) >= 11 is 5.70. The molecular weight excluding hydrogens is 237 g/mol. The van der Waals surface area contributed by atoms with Gasteiger partial charge in [0.25, 0.3) is 0 Å². The van der Waals surface area contributed by atoms with E-state index >= 15 is 0 Å². The smallest absolute Gasteiger partial charge is 0.223 e. The summed E-state index contributed by atoms with van der Waals surface area (Å²) in [6.07, 6.45) is 1.56. The van der Waals surface area contributed by atoms with E-state index < -0.39 is 0 Å². The standard InChI is InChI=1S/C8H10ClN5.ClH/c9-7-3-1-6(2-4-7)5-12-14-8(10)13-11;/h1-5H,11H2,(H3,10,13,14);1H. The van der Waals surface area contributed by atoms with E-state index in [1.54, 1.807) is 18.3 Å². The number of benzene rings is 1. The van der Waals surface area contributed by atoms with E-state index in [0.717, 1.165) is 5.56 Å². The van der Waals surface area contributed by atoms with Crippen molar-refractivity contribution in [3.8, 4) is 0 Å². The van der Waals surface area contributed by atoms with Crippen LogP contribution in [0.1, 0.15) is 5.56 Å². The maximum atomic E-state index is 7.06. The van der Waals surface area contributed by atoms with Gasteiger partial charge in [-0.15, -0.1) is 12.4 Å². The van der Waals surface area contributed by atoms with Crippen LogP contribution in [-0.2, 0) is 0 Å². The van der Waals surface area contributed by atoms with Gasteiger partial charge in [-0.2, -0.15) is 5.10 Å². The van der Waals surface area contributed by atoms with Gasteiger partial charge in [-0.05, 0) is 17.7 Å². The molecule has 15 heavy (non-hydrogen) atoms. The maximum absolute atomic E-state index is 7.06. The molecular formula is C8H11Cl2N5. The lowest BCUT2D eigenvalue weighted by Gasteiger charge is -1.99. The van der Waals surface area contributed by atoms with Gasteiger partial charge in [0.1, 0.15) is 0 Å². The van der Waals surface area contributed by atoms with Crippen LogP contribution in [0, 0.1) is 5.41 Å². The third kappa shape index (κ3) is 5.21. The van der Waals surface area contributed by atoms with Crippen LogP contribution >= 0.6 is 24.0 Å². The molecule has 0 aliphatic rings. The molecule has 0 heterocycles. The number of guanidine groups is 1. The molecule has 0 fully saturated rings. The summed E-state index contributed by atoms with van der Waals surface area (Å²) in [6.45, 7) is 0. The molecule has 0 saturated heterocycles. The number of nitrogens with two attached hydrogens (primary N) is 1. The Balaban J connectivity index is 0.00000196. The average Bonchev–Trinajstić information content (AvgIpc) is 2.21. The van der Waals surface area contributed by atoms with Crippen molar-refractivity contribution in [2.24, 2.45) is 10.9 Å². The zero-order valence-corrected chi connectivity index (χ0v) is 9.27. The van der Waals surface area contributed by atoms with E-state index in [2.05, 4.69) is 16.0 Å². The molecule has 0 spiro atoms. The van der Waals surface area contributed by atoms with Crippen molar-refractivity contribution < 1.29 is 0 Å². The van der Waals surface area contributed by atoms with E-state index in [4.69, 9.17) is 22.9 Å². The summed E-state index contributed by atoms with van der Waals surface area (Å²) in [5, 5.41) is 11.5. The summed E-state index contributed by atoms with van der Waals surface area (Å²) in [5.74, 6) is 4.87. The molecule has 5 nitrogen and oxygen atoms in total. The molecule has 0 aliphatic heterocycles. The normalized spacial score (nSPS) is 9.47. The van der Waals surface area contributed by atoms with E-state index in [-0.39, 0.29) is 18.4 Å². The highest BCUT2D eigenvalue weighted by molar-refractivity contribution is 6.30. The van der Waals surface area contributed by atoms with Gasteiger partial charge in [0.05, 0.1) is 6.21 Å². The Kier molecular flexibility index (Phi) is 6.44. The zero-order valence-electron chi connectivity index (χ0n) is 7.70. The molecule has 82 valence electrons. The van der Waals surface area contributed by atoms with Gasteiger partial charge in [-0.1, -0.05) is 23.7 Å². The SMILES string of the molecule is Cl.N=C(NN)NN=Cc1ccc(Cl)cc1. The molecule has 0 atom stereocenters. The highest BCUT2D eigenvalue weighted by Gasteiger charge is 1.89. The van der Waals surface area contributed by atoms with Crippen molar-refractivity contribution in [2.75, 3.05) is 0 Å². The molecule has 1 rings (SSSR count). The summed E-state index contributed by atoms with van der Waals surface area (Å²) in [7, 11) is 0. The van der Waals surface area contributed by atoms with Crippen LogP contribution in [0.5, 0.6) is 0 Å². The lowest BCUT2D eigenvalue weighted by atomic mass is 10.2. The fraction of sp³-hybridized carbons (Fsp3) is 0. The fourth-order valence-corrected chi connectivity index (χ4v) is 0.878. The third-order valence-corrected chi connectivity index (χ3v) is 1.66. The van der Waals surface area contributed by atoms with Crippen LogP contribution in [0.4, 0.5) is 0 Å². The maximum Gasteiger partial charge on any atom is 0.223 e. The van der Waals surface area contributed by atoms with E-state index in [0.29, 0.717) is 5.02 Å². The van der Waals surface area contributed by atoms with Crippen LogP contribution in [-0.4, -0.2) is 12.2 Å². The largest absolute Gasteiger partial charge is 0.293 e. The van der Waals surface area contributed by atoms with Crippen molar-refractivity contribution in [1.82, 2.24) is 10.9 Å². The lowest BCUT2D eigenvalue weighted by molar-refractivity contribution is 0.889. The number of halogens is 2. The molecule has 0 bridgehead atoms. The molecule has 0 radical (unpaired) electrons. The first-order chi connectivity index (χ1) is 6.72. The van der Waals surface area contributed by atoms with Crippen LogP contribution < -0.4 is 16.7 Å². The Morgan fingerprint density at radius 2 is 2.00 bits per heavy atom. The number of hydrazine groups is 1. The fourth-order valence-electron chi connectivity index (χ4n) is 0.752. The van der Waals surface area contributed by atoms with Crippen LogP contribution in [0.15, 0.2) is 29.4 Å². The van der Waals surface area contributed by atoms with E-state index in [9.17, 15) is 0 Å². The van der Waals surface area contributed by atoms with Crippen molar-refractivity contribution in [1.29, 1.82) is 5.41 Å². The first-order valence-corrected chi connectivity index (χ1v) is 4.20. The Labute approximate surface area is 98.6 Å². The first kappa shape index (κ1) is 13.7. The van der Waals surface area contributed by atoms with Crippen LogP contribution in [0.3, 0.4) is 0 Å². The quantitative estimate of drug-likeness (QED) is 0.273. The number of nitrogens with zero attached hydrogens (tertiary/aromatic N) is 1.